The molecule has 3 aromatic rings. The quantitative estimate of drug-likeness (QED) is 0.745. The number of fused-ring (bicyclic) bond motifs is 1. The molecular formula is C21H21NO3. The van der Waals surface area contributed by atoms with E-state index in [1.807, 2.05) is 48.5 Å². The van der Waals surface area contributed by atoms with E-state index in [9.17, 15) is 15.0 Å². The molecule has 1 atom stereocenters. The molecule has 0 aliphatic rings. The molecule has 4 heteroatoms. The van der Waals surface area contributed by atoms with Crippen LogP contribution in [0.2, 0.25) is 0 Å². The van der Waals surface area contributed by atoms with Gasteiger partial charge >= 0.3 is 5.97 Å². The van der Waals surface area contributed by atoms with Crippen LogP contribution in [-0.4, -0.2) is 21.2 Å². The number of aromatic nitrogens is 1. The highest BCUT2D eigenvalue weighted by Gasteiger charge is 2.29. The number of hydrogen-bond acceptors (Lipinski definition) is 3. The lowest BCUT2D eigenvalue weighted by molar-refractivity contribution is -0.142. The number of carboxylic acid groups (broad SMARTS) is 1. The number of hydrogen-bond donors (Lipinski definition) is 2. The van der Waals surface area contributed by atoms with Crippen LogP contribution in [0, 0.1) is 0 Å². The Balaban J connectivity index is 2.09. The fourth-order valence-corrected chi connectivity index (χ4v) is 2.77. The highest BCUT2D eigenvalue weighted by Crippen LogP contribution is 2.29. The minimum absolute atomic E-state index is 0.527. The second-order valence-electron chi connectivity index (χ2n) is 6.86. The van der Waals surface area contributed by atoms with E-state index in [1.165, 1.54) is 0 Å². The summed E-state index contributed by atoms with van der Waals surface area (Å²) >= 11 is 0. The van der Waals surface area contributed by atoms with Gasteiger partial charge in [-0.3, -0.25) is 9.78 Å². The number of aliphatic hydroxyl groups excluding tert-OH is 1. The van der Waals surface area contributed by atoms with Crippen molar-refractivity contribution >= 4 is 16.7 Å². The van der Waals surface area contributed by atoms with Crippen molar-refractivity contribution in [2.75, 3.05) is 0 Å². The highest BCUT2D eigenvalue weighted by atomic mass is 16.4. The third kappa shape index (κ3) is 3.26. The lowest BCUT2D eigenvalue weighted by Gasteiger charge is -2.20. The molecule has 0 fully saturated rings. The first kappa shape index (κ1) is 17.1. The predicted molar refractivity (Wildman–Crippen MR) is 98.5 cm³/mol. The van der Waals surface area contributed by atoms with Crippen molar-refractivity contribution in [1.82, 2.24) is 4.98 Å². The molecule has 2 N–H and O–H groups in total. The SMILES string of the molecule is C[C@@H](O)c1ccc2cnc(-c3cccc(C(C)(C)C(=O)O)c3)cc2c1. The maximum absolute atomic E-state index is 11.5. The Morgan fingerprint density at radius 3 is 2.52 bits per heavy atom. The Labute approximate surface area is 146 Å². The van der Waals surface area contributed by atoms with Gasteiger partial charge in [-0.1, -0.05) is 30.3 Å². The predicted octanol–water partition coefficient (Wildman–Crippen LogP) is 4.32. The Morgan fingerprint density at radius 1 is 1.08 bits per heavy atom. The Bertz CT molecular complexity index is 945. The van der Waals surface area contributed by atoms with Crippen LogP contribution in [-0.2, 0) is 10.2 Å². The number of pyridine rings is 1. The molecule has 1 heterocycles. The molecule has 0 aliphatic heterocycles. The molecule has 1 aromatic heterocycles. The fraction of sp³-hybridized carbons (Fsp3) is 0.238. The second-order valence-corrected chi connectivity index (χ2v) is 6.86. The number of carboxylic acids is 1. The fourth-order valence-electron chi connectivity index (χ4n) is 2.77. The van der Waals surface area contributed by atoms with Gasteiger partial charge < -0.3 is 10.2 Å². The summed E-state index contributed by atoms with van der Waals surface area (Å²) in [5.41, 5.74) is 2.27. The van der Waals surface area contributed by atoms with Crippen molar-refractivity contribution in [2.45, 2.75) is 32.3 Å². The first-order valence-corrected chi connectivity index (χ1v) is 8.21. The van der Waals surface area contributed by atoms with Gasteiger partial charge in [0.2, 0.25) is 0 Å². The Hall–Kier alpha value is -2.72. The number of aliphatic hydroxyl groups is 1. The molecule has 0 saturated heterocycles. The number of benzene rings is 2. The van der Waals surface area contributed by atoms with Crippen LogP contribution in [0.3, 0.4) is 0 Å². The Kier molecular flexibility index (Phi) is 4.31. The van der Waals surface area contributed by atoms with Crippen LogP contribution in [0.15, 0.2) is 54.7 Å². The molecule has 0 saturated carbocycles. The van der Waals surface area contributed by atoms with Crippen LogP contribution in [0.5, 0.6) is 0 Å². The van der Waals surface area contributed by atoms with E-state index in [4.69, 9.17) is 0 Å². The zero-order chi connectivity index (χ0) is 18.2. The van der Waals surface area contributed by atoms with Crippen molar-refractivity contribution in [3.8, 4) is 11.3 Å². The molecule has 25 heavy (non-hydrogen) atoms. The van der Waals surface area contributed by atoms with E-state index >= 15 is 0 Å². The molecule has 0 amide bonds. The van der Waals surface area contributed by atoms with Crippen molar-refractivity contribution in [3.63, 3.8) is 0 Å². The van der Waals surface area contributed by atoms with Gasteiger partial charge in [-0.2, -0.15) is 0 Å². The van der Waals surface area contributed by atoms with E-state index in [2.05, 4.69) is 4.98 Å². The second kappa shape index (κ2) is 6.30. The molecule has 0 unspecified atom stereocenters. The Morgan fingerprint density at radius 2 is 1.84 bits per heavy atom. The van der Waals surface area contributed by atoms with E-state index in [1.54, 1.807) is 27.0 Å². The number of carbonyl (C=O) groups is 1. The minimum atomic E-state index is -0.966. The van der Waals surface area contributed by atoms with Gasteiger partial charge in [0.15, 0.2) is 0 Å². The monoisotopic (exact) mass is 335 g/mol. The normalized spacial score (nSPS) is 13.0. The zero-order valence-electron chi connectivity index (χ0n) is 14.5. The molecule has 0 bridgehead atoms. The van der Waals surface area contributed by atoms with Gasteiger partial charge in [0.1, 0.15) is 0 Å². The summed E-state index contributed by atoms with van der Waals surface area (Å²) < 4.78 is 0. The molecule has 4 nitrogen and oxygen atoms in total. The molecule has 2 aromatic carbocycles. The number of nitrogens with zero attached hydrogens (tertiary/aromatic N) is 1. The minimum Gasteiger partial charge on any atom is -0.481 e. The van der Waals surface area contributed by atoms with Gasteiger partial charge in [-0.25, -0.2) is 0 Å². The largest absolute Gasteiger partial charge is 0.481 e. The van der Waals surface area contributed by atoms with Crippen LogP contribution in [0.1, 0.15) is 38.0 Å². The first-order valence-electron chi connectivity index (χ1n) is 8.21. The van der Waals surface area contributed by atoms with Crippen LogP contribution in [0.25, 0.3) is 22.0 Å². The van der Waals surface area contributed by atoms with E-state index in [0.29, 0.717) is 0 Å². The summed E-state index contributed by atoms with van der Waals surface area (Å²) in [5, 5.41) is 21.2. The summed E-state index contributed by atoms with van der Waals surface area (Å²) in [6.07, 6.45) is 1.27. The highest BCUT2D eigenvalue weighted by molar-refractivity contribution is 5.86. The maximum Gasteiger partial charge on any atom is 0.313 e. The average Bonchev–Trinajstić information content (AvgIpc) is 2.60. The van der Waals surface area contributed by atoms with Gasteiger partial charge in [-0.05, 0) is 55.5 Å². The number of aliphatic carboxylic acids is 1. The average molecular weight is 335 g/mol. The lowest BCUT2D eigenvalue weighted by Crippen LogP contribution is -2.28. The zero-order valence-corrected chi connectivity index (χ0v) is 14.5. The molecule has 0 radical (unpaired) electrons. The van der Waals surface area contributed by atoms with Crippen LogP contribution < -0.4 is 0 Å². The maximum atomic E-state index is 11.5. The summed E-state index contributed by atoms with van der Waals surface area (Å²) in [6.45, 7) is 5.12. The van der Waals surface area contributed by atoms with E-state index in [0.717, 1.165) is 33.2 Å². The standard InChI is InChI=1S/C21H21NO3/c1-13(23)14-7-8-16-12-22-19(11-17(16)9-14)15-5-4-6-18(10-15)21(2,3)20(24)25/h4-13,23H,1-3H3,(H,24,25)/t13-/m1/s1. The summed E-state index contributed by atoms with van der Waals surface area (Å²) in [4.78, 5) is 16.0. The molecule has 128 valence electrons. The van der Waals surface area contributed by atoms with Gasteiger partial charge in [0.05, 0.1) is 17.2 Å². The summed E-state index contributed by atoms with van der Waals surface area (Å²) in [6, 6.07) is 15.2. The van der Waals surface area contributed by atoms with Crippen molar-refractivity contribution in [2.24, 2.45) is 0 Å². The molecule has 0 aliphatic carbocycles. The van der Waals surface area contributed by atoms with Crippen molar-refractivity contribution in [1.29, 1.82) is 0 Å². The topological polar surface area (TPSA) is 70.4 Å². The van der Waals surface area contributed by atoms with Crippen molar-refractivity contribution < 1.29 is 15.0 Å². The smallest absolute Gasteiger partial charge is 0.313 e. The first-order chi connectivity index (χ1) is 11.8. The van der Waals surface area contributed by atoms with Gasteiger partial charge in [0.25, 0.3) is 0 Å². The van der Waals surface area contributed by atoms with E-state index in [-0.39, 0.29) is 0 Å². The molecular weight excluding hydrogens is 314 g/mol. The van der Waals surface area contributed by atoms with E-state index < -0.39 is 17.5 Å². The molecule has 3 rings (SSSR count). The van der Waals surface area contributed by atoms with Crippen molar-refractivity contribution in [3.05, 3.63) is 65.9 Å². The summed E-state index contributed by atoms with van der Waals surface area (Å²) in [5.74, 6) is -0.863. The number of rotatable bonds is 4. The third-order valence-electron chi connectivity index (χ3n) is 4.64. The van der Waals surface area contributed by atoms with Crippen LogP contribution in [0.4, 0.5) is 0 Å². The summed E-state index contributed by atoms with van der Waals surface area (Å²) in [7, 11) is 0. The third-order valence-corrected chi connectivity index (χ3v) is 4.64. The van der Waals surface area contributed by atoms with Crippen LogP contribution >= 0.6 is 0 Å². The lowest BCUT2D eigenvalue weighted by atomic mass is 9.84. The molecule has 0 spiro atoms. The van der Waals surface area contributed by atoms with Gasteiger partial charge in [0, 0.05) is 17.1 Å². The van der Waals surface area contributed by atoms with Gasteiger partial charge in [-0.15, -0.1) is 0 Å².